The monoisotopic (exact) mass is 312 g/mol. The molecule has 2 amide bonds. The number of amides is 2. The summed E-state index contributed by atoms with van der Waals surface area (Å²) in [6, 6.07) is 23.5. The molecule has 1 saturated heterocycles. The number of nitrogens with one attached hydrogen (secondary N) is 2. The van der Waals surface area contributed by atoms with Gasteiger partial charge in [0.25, 0.3) is 0 Å². The topological polar surface area (TPSA) is 41.1 Å². The molecular formula is C21H16N2O. The minimum Gasteiger partial charge on any atom is -0.336 e. The van der Waals surface area contributed by atoms with E-state index in [1.165, 1.54) is 37.9 Å². The molecular weight excluding hydrogens is 296 g/mol. The Morgan fingerprint density at radius 3 is 2.33 bits per heavy atom. The van der Waals surface area contributed by atoms with Crippen LogP contribution in [-0.2, 0) is 0 Å². The molecule has 2 N–H and O–H groups in total. The number of fused-ring (bicyclic) bond motifs is 4. The number of carbonyl (C=O) groups is 1. The van der Waals surface area contributed by atoms with Crippen molar-refractivity contribution < 1.29 is 4.79 Å². The first kappa shape index (κ1) is 13.4. The third kappa shape index (κ3) is 1.95. The second-order valence-corrected chi connectivity index (χ2v) is 6.34. The highest BCUT2D eigenvalue weighted by molar-refractivity contribution is 6.13. The highest BCUT2D eigenvalue weighted by atomic mass is 16.2. The quantitative estimate of drug-likeness (QED) is 0.394. The van der Waals surface area contributed by atoms with Crippen LogP contribution in [0.3, 0.4) is 0 Å². The number of benzene rings is 4. The average Bonchev–Trinajstić information content (AvgIpc) is 3.05. The first-order chi connectivity index (χ1) is 11.8. The summed E-state index contributed by atoms with van der Waals surface area (Å²) in [4.78, 5) is 11.6. The summed E-state index contributed by atoms with van der Waals surface area (Å²) in [5.74, 6) is 0. The summed E-state index contributed by atoms with van der Waals surface area (Å²) in [7, 11) is 0. The van der Waals surface area contributed by atoms with Crippen LogP contribution >= 0.6 is 0 Å². The Morgan fingerprint density at radius 2 is 1.54 bits per heavy atom. The van der Waals surface area contributed by atoms with Crippen molar-refractivity contribution >= 4 is 38.3 Å². The minimum atomic E-state index is -0.0947. The van der Waals surface area contributed by atoms with Crippen LogP contribution in [-0.4, -0.2) is 12.6 Å². The molecule has 4 aromatic carbocycles. The SMILES string of the molecule is O=C1NCC(c2cccc3ccc4cc5ccccc5cc4c23)N1. The van der Waals surface area contributed by atoms with Crippen molar-refractivity contribution in [3.05, 3.63) is 72.3 Å². The molecule has 1 heterocycles. The fraction of sp³-hybridized carbons (Fsp3) is 0.0952. The number of urea groups is 1. The number of rotatable bonds is 1. The molecule has 4 aromatic rings. The van der Waals surface area contributed by atoms with Crippen LogP contribution < -0.4 is 10.6 Å². The second-order valence-electron chi connectivity index (χ2n) is 6.34. The molecule has 1 fully saturated rings. The van der Waals surface area contributed by atoms with E-state index in [1.54, 1.807) is 0 Å². The highest BCUT2D eigenvalue weighted by Crippen LogP contribution is 2.34. The molecule has 5 rings (SSSR count). The molecule has 1 unspecified atom stereocenters. The first-order valence-corrected chi connectivity index (χ1v) is 8.18. The summed E-state index contributed by atoms with van der Waals surface area (Å²) < 4.78 is 0. The van der Waals surface area contributed by atoms with Gasteiger partial charge in [-0.25, -0.2) is 4.79 Å². The molecule has 0 aromatic heterocycles. The molecule has 116 valence electrons. The molecule has 0 aliphatic carbocycles. The molecule has 0 spiro atoms. The second kappa shape index (κ2) is 4.96. The molecule has 0 radical (unpaired) electrons. The van der Waals surface area contributed by atoms with Crippen LogP contribution in [0.15, 0.2) is 66.7 Å². The third-order valence-electron chi connectivity index (χ3n) is 4.91. The fourth-order valence-corrected chi connectivity index (χ4v) is 3.76. The first-order valence-electron chi connectivity index (χ1n) is 8.18. The van der Waals surface area contributed by atoms with Gasteiger partial charge < -0.3 is 10.6 Å². The molecule has 0 saturated carbocycles. The summed E-state index contributed by atoms with van der Waals surface area (Å²) in [5.41, 5.74) is 1.17. The average molecular weight is 312 g/mol. The van der Waals surface area contributed by atoms with Crippen LogP contribution in [0.2, 0.25) is 0 Å². The number of hydrogen-bond donors (Lipinski definition) is 2. The maximum Gasteiger partial charge on any atom is 0.315 e. The van der Waals surface area contributed by atoms with E-state index >= 15 is 0 Å². The molecule has 1 atom stereocenters. The maximum atomic E-state index is 11.6. The lowest BCUT2D eigenvalue weighted by Gasteiger charge is -2.15. The van der Waals surface area contributed by atoms with Gasteiger partial charge in [0.15, 0.2) is 0 Å². The van der Waals surface area contributed by atoms with Crippen molar-refractivity contribution in [1.82, 2.24) is 10.6 Å². The predicted molar refractivity (Wildman–Crippen MR) is 98.2 cm³/mol. The molecule has 1 aliphatic rings. The van der Waals surface area contributed by atoms with E-state index in [0.717, 1.165) is 0 Å². The zero-order valence-electron chi connectivity index (χ0n) is 13.0. The van der Waals surface area contributed by atoms with Gasteiger partial charge in [0.1, 0.15) is 0 Å². The van der Waals surface area contributed by atoms with Gasteiger partial charge >= 0.3 is 6.03 Å². The Labute approximate surface area is 139 Å². The van der Waals surface area contributed by atoms with Gasteiger partial charge in [-0.1, -0.05) is 54.6 Å². The molecule has 0 bridgehead atoms. The van der Waals surface area contributed by atoms with E-state index in [9.17, 15) is 4.79 Å². The van der Waals surface area contributed by atoms with Gasteiger partial charge in [0, 0.05) is 6.54 Å². The van der Waals surface area contributed by atoms with Gasteiger partial charge in [-0.2, -0.15) is 0 Å². The van der Waals surface area contributed by atoms with E-state index in [4.69, 9.17) is 0 Å². The van der Waals surface area contributed by atoms with Gasteiger partial charge in [-0.05, 0) is 50.0 Å². The third-order valence-corrected chi connectivity index (χ3v) is 4.91. The molecule has 3 nitrogen and oxygen atoms in total. The van der Waals surface area contributed by atoms with Crippen molar-refractivity contribution in [1.29, 1.82) is 0 Å². The van der Waals surface area contributed by atoms with Crippen LogP contribution in [0.4, 0.5) is 4.79 Å². The Hall–Kier alpha value is -3.07. The Bertz CT molecular complexity index is 1120. The lowest BCUT2D eigenvalue weighted by molar-refractivity contribution is 0.247. The largest absolute Gasteiger partial charge is 0.336 e. The van der Waals surface area contributed by atoms with Gasteiger partial charge in [0.2, 0.25) is 0 Å². The molecule has 1 aliphatic heterocycles. The van der Waals surface area contributed by atoms with Gasteiger partial charge in [-0.15, -0.1) is 0 Å². The van der Waals surface area contributed by atoms with Crippen molar-refractivity contribution in [2.75, 3.05) is 6.54 Å². The van der Waals surface area contributed by atoms with E-state index in [-0.39, 0.29) is 12.1 Å². The zero-order valence-corrected chi connectivity index (χ0v) is 13.0. The Kier molecular flexibility index (Phi) is 2.77. The van der Waals surface area contributed by atoms with Gasteiger partial charge in [-0.3, -0.25) is 0 Å². The Morgan fingerprint density at radius 1 is 0.792 bits per heavy atom. The van der Waals surface area contributed by atoms with Crippen molar-refractivity contribution in [2.24, 2.45) is 0 Å². The lowest BCUT2D eigenvalue weighted by Crippen LogP contribution is -2.21. The molecule has 24 heavy (non-hydrogen) atoms. The van der Waals surface area contributed by atoms with Crippen molar-refractivity contribution in [3.8, 4) is 0 Å². The lowest BCUT2D eigenvalue weighted by atomic mass is 9.92. The zero-order chi connectivity index (χ0) is 16.1. The fourth-order valence-electron chi connectivity index (χ4n) is 3.76. The smallest absolute Gasteiger partial charge is 0.315 e. The van der Waals surface area contributed by atoms with Crippen LogP contribution in [0.1, 0.15) is 11.6 Å². The van der Waals surface area contributed by atoms with Gasteiger partial charge in [0.05, 0.1) is 6.04 Å². The van der Waals surface area contributed by atoms with Crippen LogP contribution in [0, 0.1) is 0 Å². The van der Waals surface area contributed by atoms with E-state index in [0.29, 0.717) is 6.54 Å². The summed E-state index contributed by atoms with van der Waals surface area (Å²) >= 11 is 0. The highest BCUT2D eigenvalue weighted by Gasteiger charge is 2.23. The summed E-state index contributed by atoms with van der Waals surface area (Å²) in [6.07, 6.45) is 0. The summed E-state index contributed by atoms with van der Waals surface area (Å²) in [5, 5.41) is 13.3. The summed E-state index contributed by atoms with van der Waals surface area (Å²) in [6.45, 7) is 0.627. The van der Waals surface area contributed by atoms with E-state index < -0.39 is 0 Å². The Balaban J connectivity index is 1.88. The van der Waals surface area contributed by atoms with Crippen LogP contribution in [0.25, 0.3) is 32.3 Å². The maximum absolute atomic E-state index is 11.6. The molecule has 3 heteroatoms. The normalized spacial score (nSPS) is 17.3. The standard InChI is InChI=1S/C21H16N2O/c24-21-22-12-19(23-21)17-7-3-6-13-8-9-16-10-14-4-1-2-5-15(14)11-18(16)20(13)17/h1-11,19H,12H2,(H2,22,23,24). The predicted octanol–water partition coefficient (Wildman–Crippen LogP) is 4.50. The van der Waals surface area contributed by atoms with E-state index in [2.05, 4.69) is 77.4 Å². The van der Waals surface area contributed by atoms with Crippen LogP contribution in [0.5, 0.6) is 0 Å². The minimum absolute atomic E-state index is 0.0123. The van der Waals surface area contributed by atoms with Crippen molar-refractivity contribution in [2.45, 2.75) is 6.04 Å². The number of hydrogen-bond acceptors (Lipinski definition) is 1. The van der Waals surface area contributed by atoms with E-state index in [1.807, 2.05) is 0 Å². The van der Waals surface area contributed by atoms with Crippen molar-refractivity contribution in [3.63, 3.8) is 0 Å². The number of carbonyl (C=O) groups excluding carboxylic acids is 1.